The van der Waals surface area contributed by atoms with Gasteiger partial charge in [-0.05, 0) is 19.1 Å². The molecule has 0 aliphatic carbocycles. The van der Waals surface area contributed by atoms with Crippen LogP contribution < -0.4 is 5.32 Å². The lowest BCUT2D eigenvalue weighted by Gasteiger charge is -2.06. The normalized spacial score (nSPS) is 10.1. The maximum Gasteiger partial charge on any atom is 0.253 e. The summed E-state index contributed by atoms with van der Waals surface area (Å²) in [5.41, 5.74) is 1.28. The van der Waals surface area contributed by atoms with Gasteiger partial charge in [0.05, 0.1) is 25.4 Å². The van der Waals surface area contributed by atoms with Crippen LogP contribution in [0.25, 0.3) is 0 Å². The molecule has 0 bridgehead atoms. The summed E-state index contributed by atoms with van der Waals surface area (Å²) >= 11 is 0. The van der Waals surface area contributed by atoms with Gasteiger partial charge in [0.25, 0.3) is 5.91 Å². The van der Waals surface area contributed by atoms with E-state index < -0.39 is 0 Å². The molecule has 1 heterocycles. The first-order valence-corrected chi connectivity index (χ1v) is 5.14. The number of amides is 1. The number of aliphatic hydroxyl groups is 1. The number of aromatic nitrogens is 1. The fourth-order valence-corrected chi connectivity index (χ4v) is 1.22. The maximum absolute atomic E-state index is 11.6. The van der Waals surface area contributed by atoms with Gasteiger partial charge in [0.1, 0.15) is 0 Å². The van der Waals surface area contributed by atoms with E-state index in [0.717, 1.165) is 0 Å². The van der Waals surface area contributed by atoms with Gasteiger partial charge in [-0.1, -0.05) is 0 Å². The van der Waals surface area contributed by atoms with Crippen LogP contribution in [-0.2, 0) is 4.74 Å². The Morgan fingerprint density at radius 3 is 3.06 bits per heavy atom. The summed E-state index contributed by atoms with van der Waals surface area (Å²) in [6, 6.07) is 3.45. The van der Waals surface area contributed by atoms with E-state index in [2.05, 4.69) is 10.3 Å². The van der Waals surface area contributed by atoms with E-state index in [1.54, 1.807) is 25.3 Å². The molecular weight excluding hydrogens is 208 g/mol. The number of aryl methyl sites for hydroxylation is 1. The molecule has 0 aromatic carbocycles. The first-order valence-electron chi connectivity index (χ1n) is 5.14. The Kier molecular flexibility index (Phi) is 5.45. The summed E-state index contributed by atoms with van der Waals surface area (Å²) < 4.78 is 5.02. The van der Waals surface area contributed by atoms with Gasteiger partial charge in [-0.2, -0.15) is 0 Å². The predicted molar refractivity (Wildman–Crippen MR) is 59.2 cm³/mol. The second kappa shape index (κ2) is 6.92. The second-order valence-electron chi connectivity index (χ2n) is 3.23. The SMILES string of the molecule is Cc1ncccc1C(=O)NCCOCCO. The van der Waals surface area contributed by atoms with Crippen LogP contribution >= 0.6 is 0 Å². The highest BCUT2D eigenvalue weighted by molar-refractivity contribution is 5.95. The third kappa shape index (κ3) is 3.96. The Bertz CT molecular complexity index is 342. The van der Waals surface area contributed by atoms with Crippen LogP contribution in [0.5, 0.6) is 0 Å². The molecule has 0 radical (unpaired) electrons. The zero-order chi connectivity index (χ0) is 11.8. The zero-order valence-corrected chi connectivity index (χ0v) is 9.27. The van der Waals surface area contributed by atoms with E-state index in [1.807, 2.05) is 0 Å². The molecular formula is C11H16N2O3. The number of pyridine rings is 1. The van der Waals surface area contributed by atoms with Crippen molar-refractivity contribution < 1.29 is 14.6 Å². The lowest BCUT2D eigenvalue weighted by molar-refractivity contribution is 0.0837. The average molecular weight is 224 g/mol. The molecule has 88 valence electrons. The molecule has 2 N–H and O–H groups in total. The van der Waals surface area contributed by atoms with Crippen LogP contribution in [0.15, 0.2) is 18.3 Å². The molecule has 1 aromatic rings. The number of aliphatic hydroxyl groups excluding tert-OH is 1. The molecule has 0 spiro atoms. The highest BCUT2D eigenvalue weighted by Gasteiger charge is 2.07. The highest BCUT2D eigenvalue weighted by Crippen LogP contribution is 2.02. The first kappa shape index (κ1) is 12.6. The van der Waals surface area contributed by atoms with Crippen molar-refractivity contribution in [3.63, 3.8) is 0 Å². The van der Waals surface area contributed by atoms with Crippen molar-refractivity contribution in [3.05, 3.63) is 29.6 Å². The smallest absolute Gasteiger partial charge is 0.253 e. The quantitative estimate of drug-likeness (QED) is 0.674. The highest BCUT2D eigenvalue weighted by atomic mass is 16.5. The lowest BCUT2D eigenvalue weighted by atomic mass is 10.2. The van der Waals surface area contributed by atoms with Crippen LogP contribution in [0.1, 0.15) is 16.1 Å². The van der Waals surface area contributed by atoms with E-state index in [1.165, 1.54) is 0 Å². The van der Waals surface area contributed by atoms with Crippen LogP contribution in [-0.4, -0.2) is 42.4 Å². The van der Waals surface area contributed by atoms with Crippen molar-refractivity contribution in [3.8, 4) is 0 Å². The Labute approximate surface area is 94.5 Å². The standard InChI is InChI=1S/C11H16N2O3/c1-9-10(3-2-4-12-9)11(15)13-5-7-16-8-6-14/h2-4,14H,5-8H2,1H3,(H,13,15). The van der Waals surface area contributed by atoms with Gasteiger partial charge in [0.2, 0.25) is 0 Å². The summed E-state index contributed by atoms with van der Waals surface area (Å²) in [7, 11) is 0. The van der Waals surface area contributed by atoms with Crippen molar-refractivity contribution in [1.29, 1.82) is 0 Å². The fraction of sp³-hybridized carbons (Fsp3) is 0.455. The minimum Gasteiger partial charge on any atom is -0.394 e. The molecule has 0 fully saturated rings. The predicted octanol–water partition coefficient (Wildman–Crippen LogP) is 0.129. The summed E-state index contributed by atoms with van der Waals surface area (Å²) in [5.74, 6) is -0.154. The van der Waals surface area contributed by atoms with Crippen LogP contribution in [0.3, 0.4) is 0 Å². The van der Waals surface area contributed by atoms with Gasteiger partial charge >= 0.3 is 0 Å². The molecule has 0 unspecified atom stereocenters. The summed E-state index contributed by atoms with van der Waals surface area (Å²) in [6.45, 7) is 2.90. The third-order valence-electron chi connectivity index (χ3n) is 2.02. The number of ether oxygens (including phenoxy) is 1. The molecule has 16 heavy (non-hydrogen) atoms. The van der Waals surface area contributed by atoms with Crippen LogP contribution in [0, 0.1) is 6.92 Å². The van der Waals surface area contributed by atoms with E-state index >= 15 is 0 Å². The van der Waals surface area contributed by atoms with Gasteiger partial charge in [-0.15, -0.1) is 0 Å². The van der Waals surface area contributed by atoms with Gasteiger partial charge in [0, 0.05) is 18.4 Å². The molecule has 0 aliphatic rings. The first-order chi connectivity index (χ1) is 7.75. The summed E-state index contributed by atoms with van der Waals surface area (Å²) in [4.78, 5) is 15.7. The maximum atomic E-state index is 11.6. The minimum atomic E-state index is -0.154. The molecule has 0 saturated heterocycles. The molecule has 1 amide bonds. The average Bonchev–Trinajstić information content (AvgIpc) is 2.29. The number of nitrogens with one attached hydrogen (secondary N) is 1. The number of hydrogen-bond acceptors (Lipinski definition) is 4. The van der Waals surface area contributed by atoms with Crippen molar-refractivity contribution in [2.24, 2.45) is 0 Å². The third-order valence-corrected chi connectivity index (χ3v) is 2.02. The van der Waals surface area contributed by atoms with E-state index in [4.69, 9.17) is 9.84 Å². The number of rotatable bonds is 6. The monoisotopic (exact) mass is 224 g/mol. The molecule has 5 heteroatoms. The molecule has 1 rings (SSSR count). The Balaban J connectivity index is 2.33. The number of carbonyl (C=O) groups is 1. The zero-order valence-electron chi connectivity index (χ0n) is 9.27. The Hall–Kier alpha value is -1.46. The summed E-state index contributed by atoms with van der Waals surface area (Å²) in [5, 5.41) is 11.2. The van der Waals surface area contributed by atoms with Crippen LogP contribution in [0.2, 0.25) is 0 Å². The van der Waals surface area contributed by atoms with Crippen LogP contribution in [0.4, 0.5) is 0 Å². The number of nitrogens with zero attached hydrogens (tertiary/aromatic N) is 1. The minimum absolute atomic E-state index is 0.00431. The van der Waals surface area contributed by atoms with Gasteiger partial charge in [-0.25, -0.2) is 0 Å². The molecule has 0 atom stereocenters. The Morgan fingerprint density at radius 1 is 1.56 bits per heavy atom. The van der Waals surface area contributed by atoms with Crippen molar-refractivity contribution in [2.75, 3.05) is 26.4 Å². The second-order valence-corrected chi connectivity index (χ2v) is 3.23. The lowest BCUT2D eigenvalue weighted by Crippen LogP contribution is -2.28. The molecule has 1 aromatic heterocycles. The van der Waals surface area contributed by atoms with Gasteiger partial charge in [-0.3, -0.25) is 9.78 Å². The van der Waals surface area contributed by atoms with E-state index in [0.29, 0.717) is 31.0 Å². The van der Waals surface area contributed by atoms with E-state index in [-0.39, 0.29) is 12.5 Å². The Morgan fingerprint density at radius 2 is 2.38 bits per heavy atom. The van der Waals surface area contributed by atoms with Crippen molar-refractivity contribution in [2.45, 2.75) is 6.92 Å². The van der Waals surface area contributed by atoms with Crippen molar-refractivity contribution in [1.82, 2.24) is 10.3 Å². The summed E-state index contributed by atoms with van der Waals surface area (Å²) in [6.07, 6.45) is 1.65. The largest absolute Gasteiger partial charge is 0.394 e. The topological polar surface area (TPSA) is 71.5 Å². The number of hydrogen-bond donors (Lipinski definition) is 2. The van der Waals surface area contributed by atoms with E-state index in [9.17, 15) is 4.79 Å². The molecule has 0 aliphatic heterocycles. The van der Waals surface area contributed by atoms with Gasteiger partial charge in [0.15, 0.2) is 0 Å². The van der Waals surface area contributed by atoms with Crippen molar-refractivity contribution >= 4 is 5.91 Å². The number of carbonyl (C=O) groups excluding carboxylic acids is 1. The molecule has 5 nitrogen and oxygen atoms in total. The van der Waals surface area contributed by atoms with Gasteiger partial charge < -0.3 is 15.2 Å². The fourth-order valence-electron chi connectivity index (χ4n) is 1.22. The molecule has 0 saturated carbocycles.